The Bertz CT molecular complexity index is 1250. The lowest BCUT2D eigenvalue weighted by atomic mass is 9.95. The molecule has 9 heteroatoms. The largest absolute Gasteiger partial charge is 0.458 e. The first-order valence-electron chi connectivity index (χ1n) is 14.4. The van der Waals surface area contributed by atoms with Gasteiger partial charge in [0.05, 0.1) is 0 Å². The summed E-state index contributed by atoms with van der Waals surface area (Å²) in [4.78, 5) is 55.1. The van der Waals surface area contributed by atoms with Crippen molar-refractivity contribution < 1.29 is 28.7 Å². The van der Waals surface area contributed by atoms with Gasteiger partial charge in [-0.25, -0.2) is 9.59 Å². The average molecular weight is 582 g/mol. The summed E-state index contributed by atoms with van der Waals surface area (Å²) < 4.78 is 11.0. The number of amides is 3. The van der Waals surface area contributed by atoms with E-state index in [0.29, 0.717) is 5.56 Å². The van der Waals surface area contributed by atoms with E-state index in [0.717, 1.165) is 16.7 Å². The molecule has 3 atom stereocenters. The molecule has 9 nitrogen and oxygen atoms in total. The summed E-state index contributed by atoms with van der Waals surface area (Å²) >= 11 is 0. The summed E-state index contributed by atoms with van der Waals surface area (Å²) in [5.41, 5.74) is 1.66. The van der Waals surface area contributed by atoms with Crippen molar-refractivity contribution in [3.8, 4) is 0 Å². The van der Waals surface area contributed by atoms with Gasteiger partial charge >= 0.3 is 12.1 Å². The quantitative estimate of drug-likeness (QED) is 0.374. The zero-order valence-corrected chi connectivity index (χ0v) is 26.7. The Balaban J connectivity index is 2.49. The highest BCUT2D eigenvalue weighted by molar-refractivity contribution is 5.94. The first-order chi connectivity index (χ1) is 19.4. The molecule has 42 heavy (non-hydrogen) atoms. The van der Waals surface area contributed by atoms with Gasteiger partial charge in [-0.15, -0.1) is 0 Å². The highest BCUT2D eigenvalue weighted by atomic mass is 16.6. The standard InChI is InChI=1S/C33H47N3O6/c1-11-36(29(38)23(4)34-31(40)42-33(8,9)10)27(25-19-21(2)17-18-22(25)3)28(37)35-26(30(39)41-32(5,6)7)20-24-15-13-12-14-16-24/h12-19,23,26-27H,11,20H2,1-10H3,(H,34,40)(H,35,37). The number of alkyl carbamates (subject to hydrolysis) is 1. The number of hydrogen-bond donors (Lipinski definition) is 2. The monoisotopic (exact) mass is 581 g/mol. The third kappa shape index (κ3) is 10.5. The third-order valence-corrected chi connectivity index (χ3v) is 6.31. The number of likely N-dealkylation sites (N-methyl/N-ethyl adjacent to an activating group) is 1. The van der Waals surface area contributed by atoms with E-state index in [9.17, 15) is 19.2 Å². The summed E-state index contributed by atoms with van der Waals surface area (Å²) in [5.74, 6) is -1.58. The molecule has 0 saturated carbocycles. The summed E-state index contributed by atoms with van der Waals surface area (Å²) in [6, 6.07) is 12.0. The molecule has 0 aliphatic rings. The molecule has 0 aliphatic carbocycles. The number of nitrogens with zero attached hydrogens (tertiary/aromatic N) is 1. The van der Waals surface area contributed by atoms with Gasteiger partial charge in [0.1, 0.15) is 29.3 Å². The summed E-state index contributed by atoms with van der Waals surface area (Å²) in [6.07, 6.45) is -0.530. The van der Waals surface area contributed by atoms with Crippen LogP contribution < -0.4 is 10.6 Å². The van der Waals surface area contributed by atoms with E-state index in [1.165, 1.54) is 4.90 Å². The number of benzene rings is 2. The number of nitrogens with one attached hydrogen (secondary N) is 2. The van der Waals surface area contributed by atoms with Crippen LogP contribution in [0.4, 0.5) is 4.79 Å². The van der Waals surface area contributed by atoms with Crippen molar-refractivity contribution >= 4 is 23.9 Å². The van der Waals surface area contributed by atoms with Gasteiger partial charge in [-0.1, -0.05) is 54.1 Å². The maximum atomic E-state index is 14.2. The van der Waals surface area contributed by atoms with Crippen molar-refractivity contribution in [2.24, 2.45) is 0 Å². The van der Waals surface area contributed by atoms with E-state index in [1.54, 1.807) is 55.4 Å². The second-order valence-corrected chi connectivity index (χ2v) is 12.5. The fraction of sp³-hybridized carbons (Fsp3) is 0.515. The van der Waals surface area contributed by atoms with Gasteiger partial charge in [-0.05, 0) is 85.9 Å². The Morgan fingerprint density at radius 2 is 1.45 bits per heavy atom. The van der Waals surface area contributed by atoms with Crippen LogP contribution in [0.5, 0.6) is 0 Å². The Kier molecular flexibility index (Phi) is 11.7. The first-order valence-corrected chi connectivity index (χ1v) is 14.4. The molecular formula is C33H47N3O6. The minimum absolute atomic E-state index is 0.167. The van der Waals surface area contributed by atoms with Crippen LogP contribution in [0, 0.1) is 13.8 Å². The maximum Gasteiger partial charge on any atom is 0.408 e. The topological polar surface area (TPSA) is 114 Å². The molecule has 2 aromatic rings. The number of aryl methyl sites for hydroxylation is 2. The van der Waals surface area contributed by atoms with E-state index in [1.807, 2.05) is 62.4 Å². The molecule has 0 spiro atoms. The normalized spacial score (nSPS) is 13.8. The lowest BCUT2D eigenvalue weighted by Gasteiger charge is -2.34. The molecule has 0 bridgehead atoms. The zero-order chi connectivity index (χ0) is 31.8. The third-order valence-electron chi connectivity index (χ3n) is 6.31. The molecule has 0 heterocycles. The SMILES string of the molecule is CCN(C(=O)C(C)NC(=O)OC(C)(C)C)C(C(=O)NC(Cc1ccccc1)C(=O)OC(C)(C)C)c1cc(C)ccc1C. The van der Waals surface area contributed by atoms with Crippen molar-refractivity contribution in [3.05, 3.63) is 70.8 Å². The van der Waals surface area contributed by atoms with Gasteiger partial charge in [0, 0.05) is 13.0 Å². The van der Waals surface area contributed by atoms with E-state index in [-0.39, 0.29) is 13.0 Å². The van der Waals surface area contributed by atoms with Crippen molar-refractivity contribution in [2.45, 2.75) is 105 Å². The van der Waals surface area contributed by atoms with Crippen LogP contribution in [-0.4, -0.2) is 58.6 Å². The van der Waals surface area contributed by atoms with Crippen LogP contribution in [0.3, 0.4) is 0 Å². The molecule has 3 amide bonds. The molecule has 0 saturated heterocycles. The van der Waals surface area contributed by atoms with Gasteiger partial charge in [-0.2, -0.15) is 0 Å². The highest BCUT2D eigenvalue weighted by Crippen LogP contribution is 2.27. The molecule has 2 N–H and O–H groups in total. The summed E-state index contributed by atoms with van der Waals surface area (Å²) in [6.45, 7) is 17.7. The Morgan fingerprint density at radius 3 is 2.00 bits per heavy atom. The number of carbonyl (C=O) groups excluding carboxylic acids is 4. The number of esters is 1. The van der Waals surface area contributed by atoms with Crippen molar-refractivity contribution in [3.63, 3.8) is 0 Å². The molecule has 2 rings (SSSR count). The molecule has 2 aromatic carbocycles. The molecule has 0 aliphatic heterocycles. The maximum absolute atomic E-state index is 14.2. The summed E-state index contributed by atoms with van der Waals surface area (Å²) in [7, 11) is 0. The van der Waals surface area contributed by atoms with E-state index < -0.39 is 53.2 Å². The van der Waals surface area contributed by atoms with Gasteiger partial charge in [0.25, 0.3) is 0 Å². The van der Waals surface area contributed by atoms with Crippen LogP contribution in [0.2, 0.25) is 0 Å². The minimum atomic E-state index is -1.08. The second-order valence-electron chi connectivity index (χ2n) is 12.5. The number of hydrogen-bond acceptors (Lipinski definition) is 6. The lowest BCUT2D eigenvalue weighted by Crippen LogP contribution is -2.54. The van der Waals surface area contributed by atoms with Gasteiger partial charge in [0.15, 0.2) is 0 Å². The highest BCUT2D eigenvalue weighted by Gasteiger charge is 2.37. The van der Waals surface area contributed by atoms with Crippen LogP contribution >= 0.6 is 0 Å². The van der Waals surface area contributed by atoms with Gasteiger partial charge in [0.2, 0.25) is 11.8 Å². The fourth-order valence-electron chi connectivity index (χ4n) is 4.43. The predicted octanol–water partition coefficient (Wildman–Crippen LogP) is 5.18. The Labute approximate surface area is 250 Å². The molecular weight excluding hydrogens is 534 g/mol. The van der Waals surface area contributed by atoms with E-state index in [2.05, 4.69) is 10.6 Å². The predicted molar refractivity (Wildman–Crippen MR) is 163 cm³/mol. The number of carbonyl (C=O) groups is 4. The molecule has 230 valence electrons. The summed E-state index contributed by atoms with van der Waals surface area (Å²) in [5, 5.41) is 5.48. The number of ether oxygens (including phenoxy) is 2. The second kappa shape index (κ2) is 14.3. The lowest BCUT2D eigenvalue weighted by molar-refractivity contribution is -0.159. The minimum Gasteiger partial charge on any atom is -0.458 e. The van der Waals surface area contributed by atoms with Crippen molar-refractivity contribution in [1.82, 2.24) is 15.5 Å². The van der Waals surface area contributed by atoms with Crippen LogP contribution in [0.15, 0.2) is 48.5 Å². The smallest absolute Gasteiger partial charge is 0.408 e. The molecule has 3 unspecified atom stereocenters. The van der Waals surface area contributed by atoms with Crippen LogP contribution in [0.25, 0.3) is 0 Å². The fourth-order valence-corrected chi connectivity index (χ4v) is 4.43. The number of rotatable bonds is 10. The van der Waals surface area contributed by atoms with Gasteiger partial charge in [-0.3, -0.25) is 9.59 Å². The van der Waals surface area contributed by atoms with E-state index >= 15 is 0 Å². The molecule has 0 fully saturated rings. The molecule has 0 aromatic heterocycles. The van der Waals surface area contributed by atoms with Crippen molar-refractivity contribution in [1.29, 1.82) is 0 Å². The first kappa shape index (κ1) is 34.3. The Hall–Kier alpha value is -3.88. The average Bonchev–Trinajstić information content (AvgIpc) is 2.86. The van der Waals surface area contributed by atoms with Crippen LogP contribution in [0.1, 0.15) is 83.7 Å². The van der Waals surface area contributed by atoms with E-state index in [4.69, 9.17) is 9.47 Å². The Morgan fingerprint density at radius 1 is 0.857 bits per heavy atom. The van der Waals surface area contributed by atoms with Crippen molar-refractivity contribution in [2.75, 3.05) is 6.54 Å². The zero-order valence-electron chi connectivity index (χ0n) is 26.7. The molecule has 0 radical (unpaired) electrons. The van der Waals surface area contributed by atoms with Crippen LogP contribution in [-0.2, 0) is 30.3 Å². The van der Waals surface area contributed by atoms with Gasteiger partial charge < -0.3 is 25.0 Å².